The predicted octanol–water partition coefficient (Wildman–Crippen LogP) is 13.8. The average molecular weight is 757 g/mol. The monoisotopic (exact) mass is 756 g/mol. The van der Waals surface area contributed by atoms with Crippen LogP contribution in [-0.2, 0) is 0 Å². The van der Waals surface area contributed by atoms with Crippen LogP contribution in [0.15, 0.2) is 198 Å². The quantitative estimate of drug-likeness (QED) is 0.175. The molecule has 270 valence electrons. The van der Waals surface area contributed by atoms with Gasteiger partial charge in [-0.15, -0.1) is 0 Å². The zero-order valence-corrected chi connectivity index (χ0v) is 29.9. The Kier molecular flexibility index (Phi) is 4.50. The standard InChI is InChI=1S/C53H32N4O/c1-3-13-33(14-4-1)51-54-52(34-15-5-2-6-16-34)56-53(55-51)45-30-40(32-49-50(45)43-20-10-12-22-48(43)58-49)38-23-24-39-28-41(26-25-37(39)27-38)57-46-21-11-9-19-42(46)44-29-35-17-7-8-18-36(35)31-47(44)57/h1-32H/i7D,8D,9D,11D,17D,18D,19D,21D,23D,24D,25D,26D,27D,28D,29D,31D. The van der Waals surface area contributed by atoms with Gasteiger partial charge in [-0.3, -0.25) is 0 Å². The lowest BCUT2D eigenvalue weighted by Gasteiger charge is -2.12. The molecular formula is C53H32N4O. The summed E-state index contributed by atoms with van der Waals surface area (Å²) in [6.07, 6.45) is 0. The molecule has 0 bridgehead atoms. The molecule has 0 atom stereocenters. The van der Waals surface area contributed by atoms with Crippen LogP contribution >= 0.6 is 0 Å². The third-order valence-corrected chi connectivity index (χ3v) is 10.1. The van der Waals surface area contributed by atoms with E-state index in [2.05, 4.69) is 0 Å². The minimum absolute atomic E-state index is 0.161. The fourth-order valence-electron chi connectivity index (χ4n) is 7.43. The van der Waals surface area contributed by atoms with E-state index < -0.39 is 130 Å². The molecule has 0 amide bonds. The van der Waals surface area contributed by atoms with Crippen molar-refractivity contribution in [1.29, 1.82) is 0 Å². The van der Waals surface area contributed by atoms with Crippen LogP contribution in [0.5, 0.6) is 0 Å². The Morgan fingerprint density at radius 3 is 1.86 bits per heavy atom. The summed E-state index contributed by atoms with van der Waals surface area (Å²) in [6, 6.07) is 18.3. The van der Waals surface area contributed by atoms with Gasteiger partial charge in [0.25, 0.3) is 0 Å². The molecule has 0 aliphatic carbocycles. The van der Waals surface area contributed by atoms with Crippen molar-refractivity contribution >= 4 is 65.3 Å². The van der Waals surface area contributed by atoms with Crippen molar-refractivity contribution in [3.8, 4) is 51.0 Å². The summed E-state index contributed by atoms with van der Waals surface area (Å²) in [7, 11) is 0. The Hall–Kier alpha value is -7.89. The molecule has 0 saturated heterocycles. The molecule has 0 N–H and O–H groups in total. The van der Waals surface area contributed by atoms with Gasteiger partial charge in [0.05, 0.1) is 33.0 Å². The Morgan fingerprint density at radius 2 is 1.07 bits per heavy atom. The summed E-state index contributed by atoms with van der Waals surface area (Å²) in [4.78, 5) is 14.8. The van der Waals surface area contributed by atoms with E-state index in [4.69, 9.17) is 30.3 Å². The molecule has 5 heteroatoms. The largest absolute Gasteiger partial charge is 0.456 e. The summed E-state index contributed by atoms with van der Waals surface area (Å²) in [5, 5.41) is -1.04. The van der Waals surface area contributed by atoms with E-state index in [1.165, 1.54) is 0 Å². The molecule has 12 aromatic rings. The van der Waals surface area contributed by atoms with Gasteiger partial charge in [0, 0.05) is 43.9 Å². The van der Waals surface area contributed by atoms with Crippen molar-refractivity contribution in [1.82, 2.24) is 19.5 Å². The summed E-state index contributed by atoms with van der Waals surface area (Å²) >= 11 is 0. The molecule has 0 radical (unpaired) electrons. The van der Waals surface area contributed by atoms with Gasteiger partial charge in [0.15, 0.2) is 17.5 Å². The molecule has 5 nitrogen and oxygen atoms in total. The first-order valence-corrected chi connectivity index (χ1v) is 18.2. The summed E-state index contributed by atoms with van der Waals surface area (Å²) in [5.74, 6) is 0.928. The van der Waals surface area contributed by atoms with Crippen molar-refractivity contribution in [2.45, 2.75) is 0 Å². The third-order valence-electron chi connectivity index (χ3n) is 10.1. The van der Waals surface area contributed by atoms with E-state index in [1.807, 2.05) is 78.9 Å². The Labute approximate surface area is 355 Å². The van der Waals surface area contributed by atoms with Gasteiger partial charge in [0.1, 0.15) is 11.2 Å². The van der Waals surface area contributed by atoms with Crippen molar-refractivity contribution in [2.24, 2.45) is 0 Å². The SMILES string of the molecule is [2H]c1c(-n2c3c([2H])c([2H])c([2H])c([2H])c3c3c([2H])c4c([2H])c([2H])c([2H])c([2H])c4c([2H])c32)c([2H])c2c([2H])c([2H])c(-c3cc(-c4nc(-c5ccccc5)nc(-c5ccccc5)n4)c4c(c3)oc3ccccc34)c([2H])c2c1[2H]. The van der Waals surface area contributed by atoms with Crippen molar-refractivity contribution in [3.63, 3.8) is 0 Å². The first kappa shape index (κ1) is 20.3. The van der Waals surface area contributed by atoms with Crippen LogP contribution in [0.4, 0.5) is 0 Å². The maximum atomic E-state index is 9.79. The van der Waals surface area contributed by atoms with E-state index >= 15 is 0 Å². The maximum absolute atomic E-state index is 9.79. The summed E-state index contributed by atoms with van der Waals surface area (Å²) in [6.45, 7) is 0. The fraction of sp³-hybridized carbons (Fsp3) is 0. The number of benzene rings is 9. The normalized spacial score (nSPS) is 15.7. The fourth-order valence-corrected chi connectivity index (χ4v) is 7.43. The van der Waals surface area contributed by atoms with Crippen LogP contribution in [0, 0.1) is 0 Å². The lowest BCUT2D eigenvalue weighted by Crippen LogP contribution is -2.00. The van der Waals surface area contributed by atoms with Gasteiger partial charge >= 0.3 is 0 Å². The van der Waals surface area contributed by atoms with E-state index in [9.17, 15) is 11.0 Å². The molecule has 3 heterocycles. The van der Waals surface area contributed by atoms with Gasteiger partial charge in [-0.1, -0.05) is 139 Å². The number of hydrogen-bond acceptors (Lipinski definition) is 4. The molecule has 0 aliphatic rings. The van der Waals surface area contributed by atoms with Crippen LogP contribution in [0.3, 0.4) is 0 Å². The predicted molar refractivity (Wildman–Crippen MR) is 238 cm³/mol. The van der Waals surface area contributed by atoms with Gasteiger partial charge in [-0.25, -0.2) is 15.0 Å². The Morgan fingerprint density at radius 1 is 0.431 bits per heavy atom. The number of furan rings is 1. The van der Waals surface area contributed by atoms with Gasteiger partial charge < -0.3 is 8.98 Å². The smallest absolute Gasteiger partial charge is 0.164 e. The Bertz CT molecular complexity index is 4450. The van der Waals surface area contributed by atoms with Gasteiger partial charge in [-0.2, -0.15) is 0 Å². The topological polar surface area (TPSA) is 56.7 Å². The molecule has 3 aromatic heterocycles. The van der Waals surface area contributed by atoms with Crippen LogP contribution in [0.1, 0.15) is 21.9 Å². The molecular weight excluding hydrogens is 709 g/mol. The molecule has 9 aromatic carbocycles. The molecule has 0 unspecified atom stereocenters. The number of hydrogen-bond donors (Lipinski definition) is 0. The highest BCUT2D eigenvalue weighted by molar-refractivity contribution is 6.15. The van der Waals surface area contributed by atoms with Crippen molar-refractivity contribution < 1.29 is 26.3 Å². The summed E-state index contributed by atoms with van der Waals surface area (Å²) < 4.78 is 154. The molecule has 0 spiro atoms. The van der Waals surface area contributed by atoms with Gasteiger partial charge in [-0.05, 0) is 87.1 Å². The van der Waals surface area contributed by atoms with Crippen LogP contribution in [0.2, 0.25) is 0 Å². The highest BCUT2D eigenvalue weighted by Gasteiger charge is 2.20. The van der Waals surface area contributed by atoms with Crippen LogP contribution in [0.25, 0.3) is 116 Å². The second kappa shape index (κ2) is 12.8. The van der Waals surface area contributed by atoms with E-state index in [0.29, 0.717) is 50.3 Å². The number of para-hydroxylation sites is 2. The zero-order valence-electron chi connectivity index (χ0n) is 45.9. The van der Waals surface area contributed by atoms with Crippen LogP contribution < -0.4 is 0 Å². The molecule has 12 rings (SSSR count). The number of aromatic nitrogens is 4. The zero-order chi connectivity index (χ0) is 52.1. The first-order chi connectivity index (χ1) is 35.4. The van der Waals surface area contributed by atoms with Crippen molar-refractivity contribution in [2.75, 3.05) is 0 Å². The lowest BCUT2D eigenvalue weighted by atomic mass is 9.96. The average Bonchev–Trinajstić information content (AvgIpc) is 4.06. The van der Waals surface area contributed by atoms with Gasteiger partial charge in [0.2, 0.25) is 0 Å². The third kappa shape index (κ3) is 5.21. The number of nitrogens with zero attached hydrogens (tertiary/aromatic N) is 4. The van der Waals surface area contributed by atoms with E-state index in [1.54, 1.807) is 18.2 Å². The lowest BCUT2D eigenvalue weighted by molar-refractivity contribution is 0.669. The number of rotatable bonds is 5. The van der Waals surface area contributed by atoms with E-state index in [-0.39, 0.29) is 33.1 Å². The van der Waals surface area contributed by atoms with E-state index in [0.717, 1.165) is 4.57 Å². The van der Waals surface area contributed by atoms with Crippen LogP contribution in [-0.4, -0.2) is 19.5 Å². The number of fused-ring (bicyclic) bond motifs is 8. The maximum Gasteiger partial charge on any atom is 0.164 e. The summed E-state index contributed by atoms with van der Waals surface area (Å²) in [5.41, 5.74) is 1.21. The molecule has 0 fully saturated rings. The second-order valence-electron chi connectivity index (χ2n) is 13.5. The first-order valence-electron chi connectivity index (χ1n) is 26.2. The molecule has 0 aliphatic heterocycles. The molecule has 58 heavy (non-hydrogen) atoms. The second-order valence-corrected chi connectivity index (χ2v) is 13.5. The van der Waals surface area contributed by atoms with Crippen molar-refractivity contribution in [3.05, 3.63) is 194 Å². The minimum Gasteiger partial charge on any atom is -0.456 e. The Balaban J connectivity index is 1.17. The highest BCUT2D eigenvalue weighted by atomic mass is 16.3. The molecule has 0 saturated carbocycles. The highest BCUT2D eigenvalue weighted by Crippen LogP contribution is 2.41. The minimum atomic E-state index is -0.785.